The van der Waals surface area contributed by atoms with E-state index in [1.807, 2.05) is 36.6 Å². The third kappa shape index (κ3) is 3.72. The summed E-state index contributed by atoms with van der Waals surface area (Å²) in [4.78, 5) is 18.4. The van der Waals surface area contributed by atoms with Crippen LogP contribution in [0.25, 0.3) is 11.4 Å². The van der Waals surface area contributed by atoms with Crippen LogP contribution in [0.4, 0.5) is 5.69 Å². The number of rotatable bonds is 5. The zero-order valence-electron chi connectivity index (χ0n) is 12.4. The van der Waals surface area contributed by atoms with E-state index in [-0.39, 0.29) is 12.5 Å². The predicted octanol–water partition coefficient (Wildman–Crippen LogP) is 2.10. The highest BCUT2D eigenvalue weighted by molar-refractivity contribution is 7.98. The van der Waals surface area contributed by atoms with Crippen LogP contribution in [0.1, 0.15) is 0 Å². The zero-order valence-corrected chi connectivity index (χ0v) is 13.2. The topological polar surface area (TPSA) is 85.6 Å². The van der Waals surface area contributed by atoms with Crippen LogP contribution in [-0.2, 0) is 11.3 Å². The molecule has 0 saturated heterocycles. The monoisotopic (exact) mass is 326 g/mol. The van der Waals surface area contributed by atoms with Crippen molar-refractivity contribution in [1.82, 2.24) is 25.2 Å². The molecule has 0 radical (unpaired) electrons. The fourth-order valence-corrected chi connectivity index (χ4v) is 2.54. The third-order valence-corrected chi connectivity index (χ3v) is 3.83. The van der Waals surface area contributed by atoms with Gasteiger partial charge in [0.15, 0.2) is 0 Å². The highest BCUT2D eigenvalue weighted by atomic mass is 32.2. The number of hydrogen-bond donors (Lipinski definition) is 1. The number of nitrogens with zero attached hydrogens (tertiary/aromatic N) is 5. The van der Waals surface area contributed by atoms with Crippen molar-refractivity contribution >= 4 is 23.4 Å². The molecule has 0 bridgehead atoms. The first-order valence-electron chi connectivity index (χ1n) is 6.87. The molecule has 1 amide bonds. The Morgan fingerprint density at radius 1 is 1.26 bits per heavy atom. The van der Waals surface area contributed by atoms with Gasteiger partial charge in [0.05, 0.1) is 5.69 Å². The lowest BCUT2D eigenvalue weighted by Gasteiger charge is -2.08. The van der Waals surface area contributed by atoms with Crippen LogP contribution >= 0.6 is 11.8 Å². The van der Waals surface area contributed by atoms with Gasteiger partial charge in [-0.2, -0.15) is 4.80 Å². The lowest BCUT2D eigenvalue weighted by molar-refractivity contribution is -0.117. The molecule has 0 spiro atoms. The van der Waals surface area contributed by atoms with E-state index in [4.69, 9.17) is 0 Å². The molecule has 3 aromatic rings. The number of hydrogen-bond acceptors (Lipinski definition) is 6. The molecular weight excluding hydrogens is 312 g/mol. The van der Waals surface area contributed by atoms with E-state index in [0.717, 1.165) is 16.1 Å². The van der Waals surface area contributed by atoms with Crippen molar-refractivity contribution in [2.45, 2.75) is 11.4 Å². The Morgan fingerprint density at radius 3 is 2.91 bits per heavy atom. The van der Waals surface area contributed by atoms with Gasteiger partial charge in [0.1, 0.15) is 6.54 Å². The van der Waals surface area contributed by atoms with E-state index < -0.39 is 0 Å². The molecule has 1 aromatic carbocycles. The van der Waals surface area contributed by atoms with Gasteiger partial charge in [0.25, 0.3) is 0 Å². The Balaban J connectivity index is 1.68. The van der Waals surface area contributed by atoms with Crippen LogP contribution in [0.3, 0.4) is 0 Å². The Kier molecular flexibility index (Phi) is 4.62. The minimum atomic E-state index is -0.207. The van der Waals surface area contributed by atoms with E-state index >= 15 is 0 Å². The number of carbonyl (C=O) groups excluding carboxylic acids is 1. The summed E-state index contributed by atoms with van der Waals surface area (Å²) in [5, 5.41) is 14.9. The smallest absolute Gasteiger partial charge is 0.248 e. The van der Waals surface area contributed by atoms with E-state index in [1.54, 1.807) is 30.2 Å². The Morgan fingerprint density at radius 2 is 2.13 bits per heavy atom. The number of thioether (sulfide) groups is 1. The van der Waals surface area contributed by atoms with Crippen LogP contribution in [0.2, 0.25) is 0 Å². The molecule has 7 nitrogen and oxygen atoms in total. The number of para-hydroxylation sites is 1. The number of tetrazole rings is 1. The molecule has 8 heteroatoms. The van der Waals surface area contributed by atoms with E-state index in [1.165, 1.54) is 4.80 Å². The third-order valence-electron chi connectivity index (χ3n) is 3.04. The van der Waals surface area contributed by atoms with Crippen LogP contribution in [-0.4, -0.2) is 37.4 Å². The molecule has 0 atom stereocenters. The molecule has 23 heavy (non-hydrogen) atoms. The van der Waals surface area contributed by atoms with Gasteiger partial charge < -0.3 is 5.32 Å². The normalized spacial score (nSPS) is 10.5. The summed E-state index contributed by atoms with van der Waals surface area (Å²) in [6.07, 6.45) is 5.28. The van der Waals surface area contributed by atoms with Crippen molar-refractivity contribution in [2.24, 2.45) is 0 Å². The molecule has 0 unspecified atom stereocenters. The second kappa shape index (κ2) is 7.01. The van der Waals surface area contributed by atoms with E-state index in [9.17, 15) is 4.79 Å². The summed E-state index contributed by atoms with van der Waals surface area (Å²) in [6.45, 7) is -0.00399. The number of aromatic nitrogens is 5. The van der Waals surface area contributed by atoms with Gasteiger partial charge in [-0.15, -0.1) is 22.0 Å². The van der Waals surface area contributed by atoms with Crippen molar-refractivity contribution in [3.8, 4) is 11.4 Å². The molecule has 2 heterocycles. The summed E-state index contributed by atoms with van der Waals surface area (Å²) >= 11 is 1.57. The van der Waals surface area contributed by atoms with Gasteiger partial charge in [0, 0.05) is 22.9 Å². The van der Waals surface area contributed by atoms with Crippen molar-refractivity contribution < 1.29 is 4.79 Å². The minimum absolute atomic E-state index is 0.00399. The first kappa shape index (κ1) is 15.2. The van der Waals surface area contributed by atoms with Gasteiger partial charge in [-0.25, -0.2) is 0 Å². The number of pyridine rings is 1. The van der Waals surface area contributed by atoms with Crippen LogP contribution in [0.15, 0.2) is 53.7 Å². The maximum absolute atomic E-state index is 12.1. The fraction of sp³-hybridized carbons (Fsp3) is 0.133. The number of benzene rings is 1. The molecule has 0 aliphatic carbocycles. The van der Waals surface area contributed by atoms with Crippen LogP contribution < -0.4 is 5.32 Å². The Labute approximate surface area is 137 Å². The molecule has 0 aliphatic heterocycles. The Bertz CT molecular complexity index is 804. The highest BCUT2D eigenvalue weighted by Crippen LogP contribution is 2.24. The van der Waals surface area contributed by atoms with Gasteiger partial charge in [-0.3, -0.25) is 9.78 Å². The standard InChI is InChI=1S/C15H14N6OS/c1-23-13-7-3-2-6-12(13)17-14(22)10-21-19-15(18-20-21)11-5-4-8-16-9-11/h2-9H,10H2,1H3,(H,17,22). The summed E-state index contributed by atoms with van der Waals surface area (Å²) in [7, 11) is 0. The second-order valence-electron chi connectivity index (χ2n) is 4.63. The molecular formula is C15H14N6OS. The number of amides is 1. The largest absolute Gasteiger partial charge is 0.323 e. The Hall–Kier alpha value is -2.74. The quantitative estimate of drug-likeness (QED) is 0.723. The van der Waals surface area contributed by atoms with Crippen molar-refractivity contribution in [2.75, 3.05) is 11.6 Å². The predicted molar refractivity (Wildman–Crippen MR) is 87.9 cm³/mol. The lowest BCUT2D eigenvalue weighted by atomic mass is 10.3. The highest BCUT2D eigenvalue weighted by Gasteiger charge is 2.10. The van der Waals surface area contributed by atoms with Crippen molar-refractivity contribution in [3.05, 3.63) is 48.8 Å². The van der Waals surface area contributed by atoms with Crippen LogP contribution in [0, 0.1) is 0 Å². The average molecular weight is 326 g/mol. The molecule has 0 aliphatic rings. The van der Waals surface area contributed by atoms with Gasteiger partial charge in [-0.1, -0.05) is 12.1 Å². The molecule has 3 rings (SSSR count). The van der Waals surface area contributed by atoms with Gasteiger partial charge in [-0.05, 0) is 35.7 Å². The number of anilines is 1. The molecule has 116 valence electrons. The molecule has 1 N–H and O–H groups in total. The summed E-state index contributed by atoms with van der Waals surface area (Å²) in [6, 6.07) is 11.3. The maximum atomic E-state index is 12.1. The van der Waals surface area contributed by atoms with Crippen molar-refractivity contribution in [1.29, 1.82) is 0 Å². The second-order valence-corrected chi connectivity index (χ2v) is 5.48. The van der Waals surface area contributed by atoms with Crippen molar-refractivity contribution in [3.63, 3.8) is 0 Å². The lowest BCUT2D eigenvalue weighted by Crippen LogP contribution is -2.20. The van der Waals surface area contributed by atoms with Gasteiger partial charge in [0.2, 0.25) is 11.7 Å². The van der Waals surface area contributed by atoms with Gasteiger partial charge >= 0.3 is 0 Å². The zero-order chi connectivity index (χ0) is 16.1. The first-order valence-corrected chi connectivity index (χ1v) is 8.10. The fourth-order valence-electron chi connectivity index (χ4n) is 1.99. The minimum Gasteiger partial charge on any atom is -0.323 e. The van der Waals surface area contributed by atoms with E-state index in [2.05, 4.69) is 25.7 Å². The molecule has 0 fully saturated rings. The number of carbonyl (C=O) groups is 1. The molecule has 2 aromatic heterocycles. The summed E-state index contributed by atoms with van der Waals surface area (Å²) < 4.78 is 0. The summed E-state index contributed by atoms with van der Waals surface area (Å²) in [5.74, 6) is 0.233. The van der Waals surface area contributed by atoms with E-state index in [0.29, 0.717) is 5.82 Å². The first-order chi connectivity index (χ1) is 11.3. The maximum Gasteiger partial charge on any atom is 0.248 e. The average Bonchev–Trinajstić information content (AvgIpc) is 3.04. The summed E-state index contributed by atoms with van der Waals surface area (Å²) in [5.41, 5.74) is 1.53. The van der Waals surface area contributed by atoms with Crippen LogP contribution in [0.5, 0.6) is 0 Å². The number of nitrogens with one attached hydrogen (secondary N) is 1. The molecule has 0 saturated carbocycles. The SMILES string of the molecule is CSc1ccccc1NC(=O)Cn1nnc(-c2cccnc2)n1.